The molecule has 0 bridgehead atoms. The van der Waals surface area contributed by atoms with Crippen LogP contribution in [0.4, 0.5) is 0 Å². The molecule has 0 spiro atoms. The minimum Gasteiger partial charge on any atom is -0.377 e. The van der Waals surface area contributed by atoms with E-state index in [0.29, 0.717) is 11.6 Å². The summed E-state index contributed by atoms with van der Waals surface area (Å²) < 4.78 is 5.52. The molecule has 1 saturated carbocycles. The van der Waals surface area contributed by atoms with Crippen molar-refractivity contribution in [2.45, 2.75) is 37.3 Å². The van der Waals surface area contributed by atoms with Crippen molar-refractivity contribution in [3.05, 3.63) is 0 Å². The lowest BCUT2D eigenvalue weighted by atomic mass is 10.2. The molecule has 12 heavy (non-hydrogen) atoms. The zero-order chi connectivity index (χ0) is 8.44. The van der Waals surface area contributed by atoms with Gasteiger partial charge in [-0.15, -0.1) is 0 Å². The fraction of sp³-hybridized carbons (Fsp3) is 1.00. The largest absolute Gasteiger partial charge is 0.377 e. The second-order valence-corrected chi connectivity index (χ2v) is 4.00. The highest BCUT2D eigenvalue weighted by Gasteiger charge is 2.41. The highest BCUT2D eigenvalue weighted by Crippen LogP contribution is 2.34. The Labute approximate surface area is 73.7 Å². The maximum atomic E-state index is 5.65. The van der Waals surface area contributed by atoms with Gasteiger partial charge in [0.2, 0.25) is 0 Å². The maximum Gasteiger partial charge on any atom is 0.0700 e. The molecule has 0 aromatic carbocycles. The van der Waals surface area contributed by atoms with Crippen LogP contribution < -0.4 is 11.1 Å². The molecule has 1 heterocycles. The summed E-state index contributed by atoms with van der Waals surface area (Å²) in [6, 6.07) is 0. The molecule has 0 aromatic rings. The summed E-state index contributed by atoms with van der Waals surface area (Å²) >= 11 is 0. The summed E-state index contributed by atoms with van der Waals surface area (Å²) in [5, 5.41) is 3.51. The first-order valence-electron chi connectivity index (χ1n) is 4.91. The average Bonchev–Trinajstić information content (AvgIpc) is 2.70. The first kappa shape index (κ1) is 8.48. The summed E-state index contributed by atoms with van der Waals surface area (Å²) in [5.74, 6) is 0. The first-order valence-corrected chi connectivity index (χ1v) is 4.91. The number of rotatable bonds is 4. The Morgan fingerprint density at radius 2 is 2.33 bits per heavy atom. The molecule has 0 aromatic heterocycles. The van der Waals surface area contributed by atoms with Gasteiger partial charge in [0.05, 0.1) is 6.10 Å². The Bertz CT molecular complexity index is 151. The molecule has 3 nitrogen and oxygen atoms in total. The van der Waals surface area contributed by atoms with Crippen LogP contribution in [0.3, 0.4) is 0 Å². The van der Waals surface area contributed by atoms with Crippen LogP contribution in [-0.4, -0.2) is 31.3 Å². The van der Waals surface area contributed by atoms with Crippen molar-refractivity contribution < 1.29 is 4.74 Å². The van der Waals surface area contributed by atoms with Gasteiger partial charge >= 0.3 is 0 Å². The monoisotopic (exact) mass is 170 g/mol. The van der Waals surface area contributed by atoms with Crippen molar-refractivity contribution in [3.63, 3.8) is 0 Å². The van der Waals surface area contributed by atoms with Gasteiger partial charge in [0, 0.05) is 25.2 Å². The molecule has 1 atom stereocenters. The molecule has 2 aliphatic rings. The Morgan fingerprint density at radius 3 is 2.83 bits per heavy atom. The van der Waals surface area contributed by atoms with Crippen molar-refractivity contribution in [3.8, 4) is 0 Å². The second kappa shape index (κ2) is 3.32. The molecule has 0 amide bonds. The third kappa shape index (κ3) is 1.79. The summed E-state index contributed by atoms with van der Waals surface area (Å²) in [7, 11) is 0. The van der Waals surface area contributed by atoms with Crippen LogP contribution in [0.5, 0.6) is 0 Å². The predicted octanol–water partition coefficient (Wildman–Crippen LogP) is 0.246. The Morgan fingerprint density at radius 1 is 1.50 bits per heavy atom. The third-order valence-corrected chi connectivity index (χ3v) is 2.97. The van der Waals surface area contributed by atoms with Gasteiger partial charge in [0.1, 0.15) is 0 Å². The van der Waals surface area contributed by atoms with Crippen LogP contribution in [0.15, 0.2) is 0 Å². The van der Waals surface area contributed by atoms with Crippen LogP contribution in [0, 0.1) is 0 Å². The molecule has 1 aliphatic heterocycles. The molecule has 1 unspecified atom stereocenters. The third-order valence-electron chi connectivity index (χ3n) is 2.97. The minimum absolute atomic E-state index is 0.298. The van der Waals surface area contributed by atoms with Crippen molar-refractivity contribution in [1.82, 2.24) is 5.32 Å². The summed E-state index contributed by atoms with van der Waals surface area (Å²) in [4.78, 5) is 0. The predicted molar refractivity (Wildman–Crippen MR) is 48.0 cm³/mol. The van der Waals surface area contributed by atoms with Crippen molar-refractivity contribution in [2.75, 3.05) is 19.7 Å². The van der Waals surface area contributed by atoms with Gasteiger partial charge in [0.25, 0.3) is 0 Å². The lowest BCUT2D eigenvalue weighted by Crippen LogP contribution is -2.42. The van der Waals surface area contributed by atoms with Crippen LogP contribution >= 0.6 is 0 Å². The van der Waals surface area contributed by atoms with Gasteiger partial charge in [-0.05, 0) is 25.7 Å². The standard InChI is InChI=1S/C9H18N2O/c10-7-9(3-4-9)11-6-8-2-1-5-12-8/h8,11H,1-7,10H2. The Kier molecular flexibility index (Phi) is 2.35. The average molecular weight is 170 g/mol. The SMILES string of the molecule is NCC1(NCC2CCCO2)CC1. The number of nitrogens with two attached hydrogens (primary N) is 1. The van der Waals surface area contributed by atoms with E-state index >= 15 is 0 Å². The topological polar surface area (TPSA) is 47.3 Å². The van der Waals surface area contributed by atoms with Crippen LogP contribution in [0.1, 0.15) is 25.7 Å². The van der Waals surface area contributed by atoms with E-state index in [0.717, 1.165) is 19.7 Å². The molecular formula is C9H18N2O. The lowest BCUT2D eigenvalue weighted by Gasteiger charge is -2.17. The quantitative estimate of drug-likeness (QED) is 0.635. The van der Waals surface area contributed by atoms with Gasteiger partial charge in [0.15, 0.2) is 0 Å². The lowest BCUT2D eigenvalue weighted by molar-refractivity contribution is 0.107. The van der Waals surface area contributed by atoms with E-state index in [1.54, 1.807) is 0 Å². The zero-order valence-electron chi connectivity index (χ0n) is 7.51. The first-order chi connectivity index (χ1) is 5.85. The highest BCUT2D eigenvalue weighted by molar-refractivity contribution is 5.03. The summed E-state index contributed by atoms with van der Waals surface area (Å²) in [6.45, 7) is 2.72. The maximum absolute atomic E-state index is 5.65. The molecule has 3 heteroatoms. The van der Waals surface area contributed by atoms with Crippen LogP contribution in [0.25, 0.3) is 0 Å². The van der Waals surface area contributed by atoms with Crippen molar-refractivity contribution in [1.29, 1.82) is 0 Å². The molecule has 2 fully saturated rings. The second-order valence-electron chi connectivity index (χ2n) is 4.00. The number of hydrogen-bond acceptors (Lipinski definition) is 3. The van der Waals surface area contributed by atoms with Crippen LogP contribution in [0.2, 0.25) is 0 Å². The van der Waals surface area contributed by atoms with E-state index in [1.165, 1.54) is 25.7 Å². The number of nitrogens with one attached hydrogen (secondary N) is 1. The summed E-state index contributed by atoms with van der Waals surface area (Å²) in [6.07, 6.45) is 5.39. The van der Waals surface area contributed by atoms with Gasteiger partial charge < -0.3 is 15.8 Å². The molecular weight excluding hydrogens is 152 g/mol. The smallest absolute Gasteiger partial charge is 0.0700 e. The van der Waals surface area contributed by atoms with E-state index in [1.807, 2.05) is 0 Å². The van der Waals surface area contributed by atoms with Crippen molar-refractivity contribution in [2.24, 2.45) is 5.73 Å². The molecule has 1 saturated heterocycles. The van der Waals surface area contributed by atoms with E-state index in [4.69, 9.17) is 10.5 Å². The van der Waals surface area contributed by atoms with E-state index in [9.17, 15) is 0 Å². The fourth-order valence-electron chi connectivity index (χ4n) is 1.74. The Hall–Kier alpha value is -0.120. The van der Waals surface area contributed by atoms with Gasteiger partial charge in [-0.2, -0.15) is 0 Å². The zero-order valence-corrected chi connectivity index (χ0v) is 7.51. The molecule has 70 valence electrons. The number of ether oxygens (including phenoxy) is 1. The van der Waals surface area contributed by atoms with E-state index < -0.39 is 0 Å². The normalized spacial score (nSPS) is 32.2. The van der Waals surface area contributed by atoms with Gasteiger partial charge in [-0.25, -0.2) is 0 Å². The molecule has 0 radical (unpaired) electrons. The van der Waals surface area contributed by atoms with Gasteiger partial charge in [-0.1, -0.05) is 0 Å². The molecule has 1 aliphatic carbocycles. The summed E-state index contributed by atoms with van der Waals surface area (Å²) in [5.41, 5.74) is 5.95. The number of hydrogen-bond donors (Lipinski definition) is 2. The molecule has 3 N–H and O–H groups in total. The molecule has 2 rings (SSSR count). The van der Waals surface area contributed by atoms with E-state index in [2.05, 4.69) is 5.32 Å². The minimum atomic E-state index is 0.298. The van der Waals surface area contributed by atoms with Gasteiger partial charge in [-0.3, -0.25) is 0 Å². The fourth-order valence-corrected chi connectivity index (χ4v) is 1.74. The highest BCUT2D eigenvalue weighted by atomic mass is 16.5. The Balaban J connectivity index is 1.67. The van der Waals surface area contributed by atoms with Crippen LogP contribution in [-0.2, 0) is 4.74 Å². The van der Waals surface area contributed by atoms with Crippen molar-refractivity contribution >= 4 is 0 Å². The van der Waals surface area contributed by atoms with E-state index in [-0.39, 0.29) is 0 Å².